The molecule has 1 unspecified atom stereocenters. The van der Waals surface area contributed by atoms with Gasteiger partial charge in [0.05, 0.1) is 5.60 Å². The predicted octanol–water partition coefficient (Wildman–Crippen LogP) is 1.68. The van der Waals surface area contributed by atoms with Crippen molar-refractivity contribution < 1.29 is 4.74 Å². The maximum absolute atomic E-state index is 5.41. The molecule has 0 amide bonds. The van der Waals surface area contributed by atoms with E-state index >= 15 is 0 Å². The van der Waals surface area contributed by atoms with Gasteiger partial charge in [-0.15, -0.1) is 24.0 Å². The van der Waals surface area contributed by atoms with Gasteiger partial charge in [0.2, 0.25) is 0 Å². The van der Waals surface area contributed by atoms with E-state index in [1.165, 1.54) is 32.4 Å². The van der Waals surface area contributed by atoms with Crippen molar-refractivity contribution in [3.8, 4) is 0 Å². The molecule has 1 saturated heterocycles. The second-order valence-electron chi connectivity index (χ2n) is 6.65. The monoisotopic (exact) mass is 410 g/mol. The fourth-order valence-electron chi connectivity index (χ4n) is 2.63. The first kappa shape index (κ1) is 19.0. The number of guanidine groups is 1. The molecular formula is C15H31IN4O. The summed E-state index contributed by atoms with van der Waals surface area (Å²) in [5, 5.41) is 6.78. The van der Waals surface area contributed by atoms with Gasteiger partial charge in [-0.05, 0) is 45.6 Å². The van der Waals surface area contributed by atoms with Gasteiger partial charge in [0.15, 0.2) is 5.96 Å². The molecule has 1 atom stereocenters. The second-order valence-corrected chi connectivity index (χ2v) is 6.65. The lowest BCUT2D eigenvalue weighted by Gasteiger charge is -2.25. The zero-order chi connectivity index (χ0) is 14.6. The van der Waals surface area contributed by atoms with Crippen LogP contribution in [0.5, 0.6) is 0 Å². The van der Waals surface area contributed by atoms with Crippen LogP contribution in [-0.4, -0.2) is 62.8 Å². The van der Waals surface area contributed by atoms with E-state index in [0.29, 0.717) is 0 Å². The normalized spacial score (nSPS) is 23.8. The number of nitrogens with zero attached hydrogens (tertiary/aromatic N) is 2. The molecule has 0 aromatic carbocycles. The van der Waals surface area contributed by atoms with Crippen LogP contribution in [0, 0.1) is 5.92 Å². The Balaban J connectivity index is 0.00000220. The molecule has 5 nitrogen and oxygen atoms in total. The van der Waals surface area contributed by atoms with Crippen LogP contribution in [0.2, 0.25) is 0 Å². The van der Waals surface area contributed by atoms with Gasteiger partial charge in [-0.25, -0.2) is 0 Å². The van der Waals surface area contributed by atoms with Crippen molar-refractivity contribution in [1.82, 2.24) is 15.5 Å². The minimum atomic E-state index is -0.173. The summed E-state index contributed by atoms with van der Waals surface area (Å²) in [5.74, 6) is 1.63. The molecule has 0 spiro atoms. The molecule has 2 aliphatic rings. The molecule has 2 N–H and O–H groups in total. The molecule has 6 heteroatoms. The van der Waals surface area contributed by atoms with Crippen LogP contribution in [-0.2, 0) is 4.74 Å². The van der Waals surface area contributed by atoms with Crippen LogP contribution < -0.4 is 10.6 Å². The molecule has 1 aliphatic carbocycles. The Kier molecular flexibility index (Phi) is 7.70. The standard InChI is InChI=1S/C15H30N4O.HI/c1-15(2,20-4)11-18-14(16-3)17-9-12-7-8-19(10-12)13-5-6-13;/h12-13H,5-11H2,1-4H3,(H2,16,17,18);1H. The first-order valence-electron chi connectivity index (χ1n) is 7.78. The molecule has 1 heterocycles. The zero-order valence-electron chi connectivity index (χ0n) is 13.8. The van der Waals surface area contributed by atoms with Crippen molar-refractivity contribution in [2.45, 2.75) is 44.8 Å². The Morgan fingerprint density at radius 1 is 1.29 bits per heavy atom. The van der Waals surface area contributed by atoms with E-state index in [2.05, 4.69) is 34.4 Å². The summed E-state index contributed by atoms with van der Waals surface area (Å²) < 4.78 is 5.41. The average Bonchev–Trinajstić information content (AvgIpc) is 3.18. The summed E-state index contributed by atoms with van der Waals surface area (Å²) in [4.78, 5) is 6.93. The fourth-order valence-corrected chi connectivity index (χ4v) is 2.63. The number of nitrogens with one attached hydrogen (secondary N) is 2. The van der Waals surface area contributed by atoms with Gasteiger partial charge in [0, 0.05) is 39.8 Å². The summed E-state index contributed by atoms with van der Waals surface area (Å²) in [6.07, 6.45) is 4.13. The lowest BCUT2D eigenvalue weighted by molar-refractivity contribution is 0.0268. The molecule has 2 rings (SSSR count). The molecule has 124 valence electrons. The lowest BCUT2D eigenvalue weighted by Crippen LogP contribution is -2.46. The van der Waals surface area contributed by atoms with Crippen LogP contribution in [0.3, 0.4) is 0 Å². The summed E-state index contributed by atoms with van der Waals surface area (Å²) in [6, 6.07) is 0.903. The van der Waals surface area contributed by atoms with E-state index in [9.17, 15) is 0 Å². The molecule has 2 fully saturated rings. The van der Waals surface area contributed by atoms with Crippen LogP contribution in [0.25, 0.3) is 0 Å². The number of aliphatic imine (C=N–C) groups is 1. The fraction of sp³-hybridized carbons (Fsp3) is 0.933. The predicted molar refractivity (Wildman–Crippen MR) is 98.6 cm³/mol. The van der Waals surface area contributed by atoms with Crippen LogP contribution >= 0.6 is 24.0 Å². The van der Waals surface area contributed by atoms with Gasteiger partial charge in [0.1, 0.15) is 0 Å². The van der Waals surface area contributed by atoms with Crippen molar-refractivity contribution in [1.29, 1.82) is 0 Å². The van der Waals surface area contributed by atoms with Crippen LogP contribution in [0.1, 0.15) is 33.1 Å². The van der Waals surface area contributed by atoms with Gasteiger partial charge in [-0.3, -0.25) is 4.99 Å². The van der Waals surface area contributed by atoms with Crippen molar-refractivity contribution in [2.75, 3.05) is 40.3 Å². The summed E-state index contributed by atoms with van der Waals surface area (Å²) in [6.45, 7) is 8.42. The third-order valence-electron chi connectivity index (χ3n) is 4.40. The molecule has 0 bridgehead atoms. The number of halogens is 1. The average molecular weight is 410 g/mol. The second kappa shape index (κ2) is 8.53. The largest absolute Gasteiger partial charge is 0.377 e. The van der Waals surface area contributed by atoms with E-state index < -0.39 is 0 Å². The Hall–Kier alpha value is -0.0800. The highest BCUT2D eigenvalue weighted by Gasteiger charge is 2.34. The van der Waals surface area contributed by atoms with Crippen molar-refractivity contribution in [3.05, 3.63) is 0 Å². The number of hydrogen-bond donors (Lipinski definition) is 2. The molecule has 1 saturated carbocycles. The Morgan fingerprint density at radius 3 is 2.57 bits per heavy atom. The Labute approximate surface area is 146 Å². The van der Waals surface area contributed by atoms with E-state index in [-0.39, 0.29) is 29.6 Å². The first-order valence-corrected chi connectivity index (χ1v) is 7.78. The highest BCUT2D eigenvalue weighted by Crippen LogP contribution is 2.31. The van der Waals surface area contributed by atoms with Gasteiger partial charge in [-0.2, -0.15) is 0 Å². The van der Waals surface area contributed by atoms with Crippen molar-refractivity contribution in [3.63, 3.8) is 0 Å². The van der Waals surface area contributed by atoms with E-state index in [0.717, 1.165) is 31.0 Å². The Bertz CT molecular complexity index is 345. The highest BCUT2D eigenvalue weighted by molar-refractivity contribution is 14.0. The summed E-state index contributed by atoms with van der Waals surface area (Å²) >= 11 is 0. The zero-order valence-corrected chi connectivity index (χ0v) is 16.1. The SMILES string of the molecule is CN=C(NCC1CCN(C2CC2)C1)NCC(C)(C)OC.I. The Morgan fingerprint density at radius 2 is 2.00 bits per heavy atom. The number of hydrogen-bond acceptors (Lipinski definition) is 3. The molecule has 1 aliphatic heterocycles. The quantitative estimate of drug-likeness (QED) is 0.398. The van der Waals surface area contributed by atoms with E-state index in [1.807, 2.05) is 7.05 Å². The lowest BCUT2D eigenvalue weighted by atomic mass is 10.1. The molecule has 0 radical (unpaired) electrons. The van der Waals surface area contributed by atoms with Crippen molar-refractivity contribution in [2.24, 2.45) is 10.9 Å². The van der Waals surface area contributed by atoms with Crippen molar-refractivity contribution >= 4 is 29.9 Å². The van der Waals surface area contributed by atoms with Crippen LogP contribution in [0.4, 0.5) is 0 Å². The van der Waals surface area contributed by atoms with Gasteiger partial charge in [0.25, 0.3) is 0 Å². The van der Waals surface area contributed by atoms with E-state index in [4.69, 9.17) is 4.74 Å². The molecule has 21 heavy (non-hydrogen) atoms. The summed E-state index contributed by atoms with van der Waals surface area (Å²) in [5.41, 5.74) is -0.173. The third kappa shape index (κ3) is 6.28. The van der Waals surface area contributed by atoms with Gasteiger partial charge < -0.3 is 20.3 Å². The van der Waals surface area contributed by atoms with Gasteiger partial charge in [-0.1, -0.05) is 0 Å². The first-order chi connectivity index (χ1) is 9.54. The van der Waals surface area contributed by atoms with Gasteiger partial charge >= 0.3 is 0 Å². The third-order valence-corrected chi connectivity index (χ3v) is 4.40. The van der Waals surface area contributed by atoms with E-state index in [1.54, 1.807) is 7.11 Å². The maximum atomic E-state index is 5.41. The smallest absolute Gasteiger partial charge is 0.191 e. The number of methoxy groups -OCH3 is 1. The topological polar surface area (TPSA) is 48.9 Å². The highest BCUT2D eigenvalue weighted by atomic mass is 127. The minimum Gasteiger partial charge on any atom is -0.377 e. The maximum Gasteiger partial charge on any atom is 0.191 e. The molecular weight excluding hydrogens is 379 g/mol. The number of rotatable bonds is 6. The number of likely N-dealkylation sites (tertiary alicyclic amines) is 1. The number of ether oxygens (including phenoxy) is 1. The minimum absolute atomic E-state index is 0. The van der Waals surface area contributed by atoms with Crippen LogP contribution in [0.15, 0.2) is 4.99 Å². The molecule has 0 aromatic heterocycles. The summed E-state index contributed by atoms with van der Waals surface area (Å²) in [7, 11) is 3.56. The molecule has 0 aromatic rings.